The number of hydrogen-bond donors (Lipinski definition) is 2. The molecule has 1 aliphatic heterocycles. The molecule has 1 aromatic heterocycles. The number of pyridine rings is 1. The van der Waals surface area contributed by atoms with Gasteiger partial charge in [-0.25, -0.2) is 4.79 Å². The summed E-state index contributed by atoms with van der Waals surface area (Å²) >= 11 is 0. The highest BCUT2D eigenvalue weighted by atomic mass is 32.2. The van der Waals surface area contributed by atoms with E-state index in [1.54, 1.807) is 42.6 Å². The molecule has 1 aromatic carbocycles. The van der Waals surface area contributed by atoms with Gasteiger partial charge in [0.05, 0.1) is 18.4 Å². The van der Waals surface area contributed by atoms with Gasteiger partial charge in [-0.15, -0.1) is 0 Å². The number of nitrogens with zero attached hydrogens (tertiary/aromatic N) is 2. The highest BCUT2D eigenvalue weighted by molar-refractivity contribution is 7.85. The summed E-state index contributed by atoms with van der Waals surface area (Å²) in [5.74, 6) is -0.558. The van der Waals surface area contributed by atoms with Crippen molar-refractivity contribution < 1.29 is 26.9 Å². The van der Waals surface area contributed by atoms with Crippen LogP contribution in [0.1, 0.15) is 15.9 Å². The number of carbonyl (C=O) groups excluding carboxylic acids is 2. The van der Waals surface area contributed by atoms with Crippen molar-refractivity contribution in [1.82, 2.24) is 10.3 Å². The monoisotopic (exact) mass is 418 g/mol. The Bertz CT molecular complexity index is 1020. The average molecular weight is 418 g/mol. The van der Waals surface area contributed by atoms with Crippen LogP contribution < -0.4 is 10.2 Å². The maximum Gasteiger partial charge on any atom is 0.414 e. The second kappa shape index (κ2) is 8.37. The van der Waals surface area contributed by atoms with Gasteiger partial charge in [0.25, 0.3) is 16.0 Å². The van der Waals surface area contributed by atoms with Gasteiger partial charge < -0.3 is 10.1 Å². The fraction of sp³-hybridized carbons (Fsp3) is 0.222. The maximum absolute atomic E-state index is 12.1. The molecule has 11 heteroatoms. The average Bonchev–Trinajstić information content (AvgIpc) is 3.07. The lowest BCUT2D eigenvalue weighted by atomic mass is 10.1. The number of aromatic nitrogens is 1. The first-order chi connectivity index (χ1) is 13.7. The molecule has 0 bridgehead atoms. The first kappa shape index (κ1) is 20.4. The number of amides is 2. The van der Waals surface area contributed by atoms with Crippen LogP contribution in [0.3, 0.4) is 0 Å². The molecule has 2 heterocycles. The Morgan fingerprint density at radius 2 is 2.03 bits per heavy atom. The molecule has 1 aliphatic rings. The molecule has 10 nitrogen and oxygen atoms in total. The van der Waals surface area contributed by atoms with Gasteiger partial charge in [0.1, 0.15) is 18.5 Å². The molecule has 1 fully saturated rings. The van der Waals surface area contributed by atoms with E-state index in [0.29, 0.717) is 16.8 Å². The van der Waals surface area contributed by atoms with Crippen LogP contribution in [0.25, 0.3) is 0 Å². The number of ether oxygens (including phenoxy) is 1. The summed E-state index contributed by atoms with van der Waals surface area (Å²) in [4.78, 5) is 29.3. The minimum atomic E-state index is -3.63. The quantitative estimate of drug-likeness (QED) is 0.407. The summed E-state index contributed by atoms with van der Waals surface area (Å²) < 4.78 is 31.9. The minimum Gasteiger partial charge on any atom is -0.441 e. The van der Waals surface area contributed by atoms with Gasteiger partial charge >= 0.3 is 6.09 Å². The zero-order valence-corrected chi connectivity index (χ0v) is 16.2. The van der Waals surface area contributed by atoms with Crippen molar-refractivity contribution in [3.63, 3.8) is 0 Å². The Kier molecular flexibility index (Phi) is 5.89. The summed E-state index contributed by atoms with van der Waals surface area (Å²) in [6.45, 7) is -0.132. The third-order valence-corrected chi connectivity index (χ3v) is 4.54. The summed E-state index contributed by atoms with van der Waals surface area (Å²) in [6.07, 6.45) is 2.52. The lowest BCUT2D eigenvalue weighted by Gasteiger charge is -2.14. The van der Waals surface area contributed by atoms with Crippen molar-refractivity contribution in [2.45, 2.75) is 6.10 Å². The van der Waals surface area contributed by atoms with E-state index in [9.17, 15) is 18.0 Å². The highest BCUT2D eigenvalue weighted by Crippen LogP contribution is 2.22. The largest absolute Gasteiger partial charge is 0.441 e. The van der Waals surface area contributed by atoms with Gasteiger partial charge in [-0.2, -0.15) is 8.42 Å². The van der Waals surface area contributed by atoms with E-state index in [1.807, 2.05) is 0 Å². The molecular weight excluding hydrogens is 400 g/mol. The fourth-order valence-corrected chi connectivity index (χ4v) is 2.98. The molecule has 29 heavy (non-hydrogen) atoms. The smallest absolute Gasteiger partial charge is 0.414 e. The summed E-state index contributed by atoms with van der Waals surface area (Å²) in [5, 5.41) is 10.5. The van der Waals surface area contributed by atoms with Gasteiger partial charge in [0.2, 0.25) is 0 Å². The van der Waals surface area contributed by atoms with Crippen molar-refractivity contribution in [2.75, 3.05) is 24.3 Å². The zero-order valence-electron chi connectivity index (χ0n) is 15.4. The number of amidine groups is 1. The van der Waals surface area contributed by atoms with E-state index >= 15 is 0 Å². The Hall–Kier alpha value is -3.31. The molecule has 0 radical (unpaired) electrons. The third-order valence-electron chi connectivity index (χ3n) is 3.97. The number of carbonyl (C=O) groups is 2. The number of anilines is 1. The molecule has 2 N–H and O–H groups in total. The number of benzene rings is 1. The van der Waals surface area contributed by atoms with Crippen LogP contribution in [0.5, 0.6) is 0 Å². The minimum absolute atomic E-state index is 0.103. The molecule has 1 atom stereocenters. The second-order valence-corrected chi connectivity index (χ2v) is 7.87. The predicted octanol–water partition coefficient (Wildman–Crippen LogP) is 1.14. The summed E-state index contributed by atoms with van der Waals surface area (Å²) in [7, 11) is -3.63. The molecular formula is C18H18N4O6S. The van der Waals surface area contributed by atoms with E-state index in [4.69, 9.17) is 10.1 Å². The first-order valence-corrected chi connectivity index (χ1v) is 10.3. The van der Waals surface area contributed by atoms with Crippen LogP contribution in [0, 0.1) is 5.41 Å². The van der Waals surface area contributed by atoms with E-state index in [1.165, 1.54) is 11.1 Å². The zero-order chi connectivity index (χ0) is 21.0. The van der Waals surface area contributed by atoms with Crippen molar-refractivity contribution in [1.29, 1.82) is 5.41 Å². The van der Waals surface area contributed by atoms with Crippen molar-refractivity contribution in [3.05, 3.63) is 59.9 Å². The van der Waals surface area contributed by atoms with Crippen LogP contribution in [-0.4, -0.2) is 56.7 Å². The van der Waals surface area contributed by atoms with Crippen molar-refractivity contribution in [2.24, 2.45) is 0 Å². The lowest BCUT2D eigenvalue weighted by molar-refractivity contribution is 0.0976. The van der Waals surface area contributed by atoms with Crippen molar-refractivity contribution in [3.8, 4) is 0 Å². The topological polar surface area (TPSA) is 139 Å². The molecule has 3 rings (SSSR count). The third kappa shape index (κ3) is 5.36. The highest BCUT2D eigenvalue weighted by Gasteiger charge is 2.33. The summed E-state index contributed by atoms with van der Waals surface area (Å²) in [6, 6.07) is 9.56. The molecule has 152 valence electrons. The molecule has 2 amide bonds. The molecule has 2 aromatic rings. The Morgan fingerprint density at radius 1 is 1.31 bits per heavy atom. The molecule has 1 unspecified atom stereocenters. The molecule has 0 spiro atoms. The Balaban J connectivity index is 1.62. The summed E-state index contributed by atoms with van der Waals surface area (Å²) in [5.41, 5.74) is 1.28. The lowest BCUT2D eigenvalue weighted by Crippen LogP contribution is -2.30. The first-order valence-electron chi connectivity index (χ1n) is 8.46. The van der Waals surface area contributed by atoms with E-state index in [-0.39, 0.29) is 19.0 Å². The van der Waals surface area contributed by atoms with Gasteiger partial charge in [-0.1, -0.05) is 0 Å². The fourth-order valence-electron chi connectivity index (χ4n) is 2.58. The number of nitrogens with one attached hydrogen (secondary N) is 2. The standard InChI is InChI=1S/C18H18N4O6S/c1-29(25,26)27-11-15-10-22(18(24)28-15)14-6-4-12(5-7-14)16(19)21-17(23)13-3-2-8-20-9-13/h2-9,15H,10-11H2,1H3,(H2,19,21,23). The van der Waals surface area contributed by atoms with Crippen molar-refractivity contribution >= 4 is 33.6 Å². The molecule has 0 aliphatic carbocycles. The maximum atomic E-state index is 12.1. The SMILES string of the molecule is CS(=O)(=O)OCC1CN(c2ccc(C(=N)NC(=O)c3cccnc3)cc2)C(=O)O1. The van der Waals surface area contributed by atoms with Gasteiger partial charge in [-0.3, -0.25) is 24.3 Å². The van der Waals surface area contributed by atoms with Crippen LogP contribution >= 0.6 is 0 Å². The van der Waals surface area contributed by atoms with Gasteiger partial charge in [0.15, 0.2) is 0 Å². The van der Waals surface area contributed by atoms with Crippen LogP contribution in [0.15, 0.2) is 48.8 Å². The Labute approximate surface area is 167 Å². The molecule has 1 saturated heterocycles. The predicted molar refractivity (Wildman–Crippen MR) is 103 cm³/mol. The van der Waals surface area contributed by atoms with Crippen LogP contribution in [0.4, 0.5) is 10.5 Å². The van der Waals surface area contributed by atoms with Crippen LogP contribution in [-0.2, 0) is 19.0 Å². The van der Waals surface area contributed by atoms with Gasteiger partial charge in [0, 0.05) is 23.6 Å². The van der Waals surface area contributed by atoms with E-state index in [0.717, 1.165) is 6.26 Å². The number of hydrogen-bond acceptors (Lipinski definition) is 8. The van der Waals surface area contributed by atoms with Gasteiger partial charge in [-0.05, 0) is 36.4 Å². The van der Waals surface area contributed by atoms with E-state index < -0.39 is 28.2 Å². The molecule has 0 saturated carbocycles. The normalized spacial score (nSPS) is 16.4. The number of rotatable bonds is 6. The Morgan fingerprint density at radius 3 is 2.66 bits per heavy atom. The van der Waals surface area contributed by atoms with E-state index in [2.05, 4.69) is 14.5 Å². The second-order valence-electron chi connectivity index (χ2n) is 6.22. The number of cyclic esters (lactones) is 1. The van der Waals surface area contributed by atoms with Crippen LogP contribution in [0.2, 0.25) is 0 Å².